The van der Waals surface area contributed by atoms with Crippen LogP contribution in [0.3, 0.4) is 0 Å². The SMILES string of the molecule is CCCN(C(=O)OCc1ccc(F)c(C)c1)C1CCN(C)CC1. The van der Waals surface area contributed by atoms with Crippen LogP contribution in [0.2, 0.25) is 0 Å². The number of amides is 1. The van der Waals surface area contributed by atoms with Gasteiger partial charge in [-0.2, -0.15) is 0 Å². The van der Waals surface area contributed by atoms with Gasteiger partial charge in [-0.05, 0) is 69.6 Å². The van der Waals surface area contributed by atoms with Gasteiger partial charge in [0.2, 0.25) is 0 Å². The summed E-state index contributed by atoms with van der Waals surface area (Å²) in [5.74, 6) is -0.237. The van der Waals surface area contributed by atoms with E-state index >= 15 is 0 Å². The molecule has 0 bridgehead atoms. The number of carbonyl (C=O) groups is 1. The summed E-state index contributed by atoms with van der Waals surface area (Å²) in [4.78, 5) is 16.6. The Morgan fingerprint density at radius 2 is 2.09 bits per heavy atom. The van der Waals surface area contributed by atoms with Gasteiger partial charge in [-0.25, -0.2) is 9.18 Å². The number of hydrogen-bond donors (Lipinski definition) is 0. The van der Waals surface area contributed by atoms with Crippen molar-refractivity contribution in [1.29, 1.82) is 0 Å². The standard InChI is InChI=1S/C18H27FN2O2/c1-4-9-21(16-7-10-20(3)11-8-16)18(22)23-13-15-5-6-17(19)14(2)12-15/h5-6,12,16H,4,7-11,13H2,1-3H3. The van der Waals surface area contributed by atoms with Crippen LogP contribution in [-0.4, -0.2) is 48.6 Å². The van der Waals surface area contributed by atoms with Crippen LogP contribution in [0.5, 0.6) is 0 Å². The van der Waals surface area contributed by atoms with E-state index in [1.54, 1.807) is 19.1 Å². The molecule has 1 saturated heterocycles. The molecule has 2 rings (SSSR count). The van der Waals surface area contributed by atoms with E-state index in [0.717, 1.165) is 44.5 Å². The molecule has 0 aliphatic carbocycles. The fourth-order valence-electron chi connectivity index (χ4n) is 3.00. The highest BCUT2D eigenvalue weighted by molar-refractivity contribution is 5.68. The van der Waals surface area contributed by atoms with Crippen molar-refractivity contribution in [3.05, 3.63) is 35.1 Å². The third-order valence-electron chi connectivity index (χ3n) is 4.41. The minimum absolute atomic E-state index is 0.187. The first kappa shape index (κ1) is 17.7. The van der Waals surface area contributed by atoms with Crippen molar-refractivity contribution in [2.24, 2.45) is 0 Å². The first-order chi connectivity index (χ1) is 11.0. The molecule has 0 unspecified atom stereocenters. The van der Waals surface area contributed by atoms with Gasteiger partial charge in [0.1, 0.15) is 12.4 Å². The third-order valence-corrected chi connectivity index (χ3v) is 4.41. The molecule has 0 N–H and O–H groups in total. The van der Waals surface area contributed by atoms with Gasteiger partial charge in [0, 0.05) is 12.6 Å². The molecule has 0 radical (unpaired) electrons. The van der Waals surface area contributed by atoms with E-state index in [4.69, 9.17) is 4.74 Å². The van der Waals surface area contributed by atoms with Gasteiger partial charge in [-0.1, -0.05) is 13.0 Å². The Labute approximate surface area is 138 Å². The van der Waals surface area contributed by atoms with Gasteiger partial charge in [0.05, 0.1) is 0 Å². The fourth-order valence-corrected chi connectivity index (χ4v) is 3.00. The molecule has 0 atom stereocenters. The van der Waals surface area contributed by atoms with Gasteiger partial charge >= 0.3 is 6.09 Å². The summed E-state index contributed by atoms with van der Waals surface area (Å²) in [5, 5.41) is 0. The van der Waals surface area contributed by atoms with E-state index in [-0.39, 0.29) is 24.6 Å². The van der Waals surface area contributed by atoms with E-state index in [1.165, 1.54) is 6.07 Å². The molecule has 1 aliphatic rings. The number of carbonyl (C=O) groups excluding carboxylic acids is 1. The van der Waals surface area contributed by atoms with Gasteiger partial charge in [-0.3, -0.25) is 0 Å². The molecule has 0 saturated carbocycles. The summed E-state index contributed by atoms with van der Waals surface area (Å²) in [7, 11) is 2.11. The first-order valence-corrected chi connectivity index (χ1v) is 8.38. The normalized spacial score (nSPS) is 16.3. The summed E-state index contributed by atoms with van der Waals surface area (Å²) in [6.07, 6.45) is 2.63. The lowest BCUT2D eigenvalue weighted by Gasteiger charge is -2.36. The van der Waals surface area contributed by atoms with Gasteiger partial charge < -0.3 is 14.5 Å². The van der Waals surface area contributed by atoms with E-state index in [2.05, 4.69) is 18.9 Å². The highest BCUT2D eigenvalue weighted by Gasteiger charge is 2.27. The molecule has 23 heavy (non-hydrogen) atoms. The van der Waals surface area contributed by atoms with Gasteiger partial charge in [-0.15, -0.1) is 0 Å². The predicted octanol–water partition coefficient (Wildman–Crippen LogP) is 3.58. The molecular weight excluding hydrogens is 295 g/mol. The number of nitrogens with zero attached hydrogens (tertiary/aromatic N) is 2. The zero-order valence-electron chi connectivity index (χ0n) is 14.3. The number of hydrogen-bond acceptors (Lipinski definition) is 3. The van der Waals surface area contributed by atoms with Crippen molar-refractivity contribution >= 4 is 6.09 Å². The molecule has 0 aromatic heterocycles. The number of piperidine rings is 1. The second-order valence-electron chi connectivity index (χ2n) is 6.37. The van der Waals surface area contributed by atoms with Crippen molar-refractivity contribution < 1.29 is 13.9 Å². The van der Waals surface area contributed by atoms with Crippen molar-refractivity contribution in [3.63, 3.8) is 0 Å². The lowest BCUT2D eigenvalue weighted by atomic mass is 10.0. The minimum Gasteiger partial charge on any atom is -0.445 e. The average molecular weight is 322 g/mol. The van der Waals surface area contributed by atoms with Crippen molar-refractivity contribution in [3.8, 4) is 0 Å². The Morgan fingerprint density at radius 3 is 2.70 bits per heavy atom. The van der Waals surface area contributed by atoms with Crippen molar-refractivity contribution in [1.82, 2.24) is 9.80 Å². The van der Waals surface area contributed by atoms with Crippen LogP contribution < -0.4 is 0 Å². The zero-order valence-corrected chi connectivity index (χ0v) is 14.3. The number of benzene rings is 1. The van der Waals surface area contributed by atoms with Crippen LogP contribution >= 0.6 is 0 Å². The maximum Gasteiger partial charge on any atom is 0.410 e. The smallest absolute Gasteiger partial charge is 0.410 e. The van der Waals surface area contributed by atoms with Crippen molar-refractivity contribution in [2.45, 2.75) is 45.8 Å². The van der Waals surface area contributed by atoms with Crippen LogP contribution in [0.1, 0.15) is 37.3 Å². The number of ether oxygens (including phenoxy) is 1. The van der Waals surface area contributed by atoms with E-state index < -0.39 is 0 Å². The first-order valence-electron chi connectivity index (χ1n) is 8.38. The Bertz CT molecular complexity index is 528. The topological polar surface area (TPSA) is 32.8 Å². The monoisotopic (exact) mass is 322 g/mol. The maximum atomic E-state index is 13.3. The lowest BCUT2D eigenvalue weighted by Crippen LogP contribution is -2.47. The van der Waals surface area contributed by atoms with Crippen LogP contribution in [0.4, 0.5) is 9.18 Å². The molecule has 4 nitrogen and oxygen atoms in total. The van der Waals surface area contributed by atoms with Crippen LogP contribution in [0.25, 0.3) is 0 Å². The summed E-state index contributed by atoms with van der Waals surface area (Å²) < 4.78 is 18.7. The summed E-state index contributed by atoms with van der Waals surface area (Å²) in [5.41, 5.74) is 1.39. The predicted molar refractivity (Wildman–Crippen MR) is 88.8 cm³/mol. The second-order valence-corrected chi connectivity index (χ2v) is 6.37. The molecule has 1 aromatic carbocycles. The molecule has 1 heterocycles. The quantitative estimate of drug-likeness (QED) is 0.831. The molecule has 1 amide bonds. The Kier molecular flexibility index (Phi) is 6.39. The fraction of sp³-hybridized carbons (Fsp3) is 0.611. The highest BCUT2D eigenvalue weighted by Crippen LogP contribution is 2.18. The molecule has 1 aliphatic heterocycles. The number of likely N-dealkylation sites (tertiary alicyclic amines) is 1. The molecule has 5 heteroatoms. The highest BCUT2D eigenvalue weighted by atomic mass is 19.1. The van der Waals surface area contributed by atoms with Crippen LogP contribution in [0, 0.1) is 12.7 Å². The molecule has 0 spiro atoms. The Hall–Kier alpha value is -1.62. The van der Waals surface area contributed by atoms with E-state index in [9.17, 15) is 9.18 Å². The summed E-state index contributed by atoms with van der Waals surface area (Å²) >= 11 is 0. The van der Waals surface area contributed by atoms with Gasteiger partial charge in [0.15, 0.2) is 0 Å². The van der Waals surface area contributed by atoms with Crippen LogP contribution in [0.15, 0.2) is 18.2 Å². The average Bonchev–Trinajstić information content (AvgIpc) is 2.54. The summed E-state index contributed by atoms with van der Waals surface area (Å²) in [6.45, 7) is 6.70. The Morgan fingerprint density at radius 1 is 1.39 bits per heavy atom. The number of aryl methyl sites for hydroxylation is 1. The molecule has 128 valence electrons. The number of rotatable bonds is 5. The summed E-state index contributed by atoms with van der Waals surface area (Å²) in [6, 6.07) is 5.06. The molecule has 1 fully saturated rings. The maximum absolute atomic E-state index is 13.3. The second kappa shape index (κ2) is 8.29. The Balaban J connectivity index is 1.93. The molecular formula is C18H27FN2O2. The zero-order chi connectivity index (χ0) is 16.8. The largest absolute Gasteiger partial charge is 0.445 e. The van der Waals surface area contributed by atoms with Crippen molar-refractivity contribution in [2.75, 3.05) is 26.7 Å². The van der Waals surface area contributed by atoms with Gasteiger partial charge in [0.25, 0.3) is 0 Å². The van der Waals surface area contributed by atoms with E-state index in [1.807, 2.05) is 4.90 Å². The third kappa shape index (κ3) is 4.93. The minimum atomic E-state index is -0.261. The van der Waals surface area contributed by atoms with E-state index in [0.29, 0.717) is 5.56 Å². The number of halogens is 1. The lowest BCUT2D eigenvalue weighted by molar-refractivity contribution is 0.0639. The molecule has 1 aromatic rings. The van der Waals surface area contributed by atoms with Crippen LogP contribution in [-0.2, 0) is 11.3 Å².